The summed E-state index contributed by atoms with van der Waals surface area (Å²) in [5.74, 6) is -0.0616. The Labute approximate surface area is 104 Å². The summed E-state index contributed by atoms with van der Waals surface area (Å²) < 4.78 is 5.43. The number of rotatable bonds is 6. The summed E-state index contributed by atoms with van der Waals surface area (Å²) in [5.41, 5.74) is 1.20. The molecule has 0 saturated heterocycles. The van der Waals surface area contributed by atoms with E-state index >= 15 is 0 Å². The second-order valence-electron chi connectivity index (χ2n) is 4.63. The first-order valence-corrected chi connectivity index (χ1v) is 6.38. The van der Waals surface area contributed by atoms with E-state index in [9.17, 15) is 4.79 Å². The van der Waals surface area contributed by atoms with Crippen LogP contribution < -0.4 is 0 Å². The lowest BCUT2D eigenvalue weighted by atomic mass is 10.1. The molecule has 0 saturated carbocycles. The van der Waals surface area contributed by atoms with E-state index in [1.165, 1.54) is 5.56 Å². The van der Waals surface area contributed by atoms with Gasteiger partial charge in [-0.25, -0.2) is 0 Å². The first-order chi connectivity index (χ1) is 8.13. The Bertz CT molecular complexity index is 332. The first-order valence-electron chi connectivity index (χ1n) is 6.38. The third-order valence-electron chi connectivity index (χ3n) is 2.81. The molecule has 0 aromatic heterocycles. The van der Waals surface area contributed by atoms with Crippen LogP contribution in [-0.2, 0) is 16.0 Å². The lowest BCUT2D eigenvalue weighted by Gasteiger charge is -2.16. The summed E-state index contributed by atoms with van der Waals surface area (Å²) in [6, 6.07) is 10.1. The predicted molar refractivity (Wildman–Crippen MR) is 69.8 cm³/mol. The minimum Gasteiger partial charge on any atom is -0.462 e. The normalized spacial score (nSPS) is 14.1. The first kappa shape index (κ1) is 13.8. The fourth-order valence-electron chi connectivity index (χ4n) is 1.85. The Morgan fingerprint density at radius 2 is 1.88 bits per heavy atom. The summed E-state index contributed by atoms with van der Waals surface area (Å²) in [6.45, 7) is 5.96. The van der Waals surface area contributed by atoms with Crippen LogP contribution in [0.4, 0.5) is 0 Å². The minimum atomic E-state index is -0.0738. The van der Waals surface area contributed by atoms with Gasteiger partial charge in [0.2, 0.25) is 0 Å². The Kier molecular flexibility index (Phi) is 5.75. The van der Waals surface area contributed by atoms with Crippen LogP contribution in [0.1, 0.15) is 39.2 Å². The maximum Gasteiger partial charge on any atom is 0.308 e. The van der Waals surface area contributed by atoms with Crippen LogP contribution in [0, 0.1) is 5.92 Å². The molecule has 1 aromatic carbocycles. The Morgan fingerprint density at radius 1 is 1.24 bits per heavy atom. The number of ether oxygens (including phenoxy) is 1. The minimum absolute atomic E-state index is 0.0122. The van der Waals surface area contributed by atoms with Crippen LogP contribution in [-0.4, -0.2) is 12.1 Å². The molecule has 2 unspecified atom stereocenters. The van der Waals surface area contributed by atoms with Crippen LogP contribution >= 0.6 is 0 Å². The second-order valence-corrected chi connectivity index (χ2v) is 4.63. The SMILES string of the molecule is CCCC(C)C(=O)OC(C)Cc1ccccc1. The van der Waals surface area contributed by atoms with E-state index in [0.717, 1.165) is 19.3 Å². The zero-order valence-corrected chi connectivity index (χ0v) is 11.0. The highest BCUT2D eigenvalue weighted by Gasteiger charge is 2.16. The van der Waals surface area contributed by atoms with Crippen LogP contribution in [0.5, 0.6) is 0 Å². The third-order valence-corrected chi connectivity index (χ3v) is 2.81. The maximum atomic E-state index is 11.7. The lowest BCUT2D eigenvalue weighted by molar-refractivity contribution is -0.152. The highest BCUT2D eigenvalue weighted by Crippen LogP contribution is 2.11. The number of hydrogen-bond donors (Lipinski definition) is 0. The van der Waals surface area contributed by atoms with Gasteiger partial charge in [0.25, 0.3) is 0 Å². The summed E-state index contributed by atoms with van der Waals surface area (Å²) in [4.78, 5) is 11.7. The van der Waals surface area contributed by atoms with Gasteiger partial charge < -0.3 is 4.74 Å². The van der Waals surface area contributed by atoms with E-state index in [1.807, 2.05) is 32.0 Å². The molecule has 2 atom stereocenters. The van der Waals surface area contributed by atoms with Crippen molar-refractivity contribution in [3.8, 4) is 0 Å². The zero-order valence-electron chi connectivity index (χ0n) is 11.0. The van der Waals surface area contributed by atoms with E-state index in [4.69, 9.17) is 4.74 Å². The largest absolute Gasteiger partial charge is 0.462 e. The van der Waals surface area contributed by atoms with Crippen molar-refractivity contribution in [2.24, 2.45) is 5.92 Å². The molecule has 94 valence electrons. The van der Waals surface area contributed by atoms with Gasteiger partial charge in [0, 0.05) is 6.42 Å². The standard InChI is InChI=1S/C15H22O2/c1-4-8-12(2)15(16)17-13(3)11-14-9-6-5-7-10-14/h5-7,9-10,12-13H,4,8,11H2,1-3H3. The van der Waals surface area contributed by atoms with Gasteiger partial charge in [0.05, 0.1) is 5.92 Å². The van der Waals surface area contributed by atoms with Crippen molar-refractivity contribution in [1.82, 2.24) is 0 Å². The summed E-state index contributed by atoms with van der Waals surface area (Å²) >= 11 is 0. The third kappa shape index (κ3) is 5.03. The summed E-state index contributed by atoms with van der Waals surface area (Å²) in [5, 5.41) is 0. The Balaban J connectivity index is 2.39. The number of carbonyl (C=O) groups excluding carboxylic acids is 1. The van der Waals surface area contributed by atoms with Gasteiger partial charge in [0.1, 0.15) is 6.10 Å². The number of esters is 1. The van der Waals surface area contributed by atoms with E-state index in [0.29, 0.717) is 0 Å². The molecule has 0 fully saturated rings. The van der Waals surface area contributed by atoms with Crippen molar-refractivity contribution >= 4 is 5.97 Å². The second kappa shape index (κ2) is 7.10. The highest BCUT2D eigenvalue weighted by molar-refractivity contribution is 5.72. The van der Waals surface area contributed by atoms with Crippen LogP contribution in [0.3, 0.4) is 0 Å². The molecule has 1 rings (SSSR count). The molecule has 0 N–H and O–H groups in total. The van der Waals surface area contributed by atoms with Gasteiger partial charge >= 0.3 is 5.97 Å². The van der Waals surface area contributed by atoms with E-state index in [2.05, 4.69) is 19.1 Å². The molecule has 0 radical (unpaired) electrons. The topological polar surface area (TPSA) is 26.3 Å². The Hall–Kier alpha value is -1.31. The molecule has 0 aliphatic heterocycles. The smallest absolute Gasteiger partial charge is 0.308 e. The fraction of sp³-hybridized carbons (Fsp3) is 0.533. The quantitative estimate of drug-likeness (QED) is 0.703. The molecule has 0 bridgehead atoms. The molecule has 0 amide bonds. The van der Waals surface area contributed by atoms with Gasteiger partial charge in [0.15, 0.2) is 0 Å². The number of hydrogen-bond acceptors (Lipinski definition) is 2. The molecule has 0 aliphatic carbocycles. The van der Waals surface area contributed by atoms with Gasteiger partial charge in [-0.05, 0) is 18.9 Å². The average molecular weight is 234 g/mol. The van der Waals surface area contributed by atoms with Crippen molar-refractivity contribution in [3.05, 3.63) is 35.9 Å². The molecule has 1 aromatic rings. The molecule has 0 spiro atoms. The molecule has 0 aliphatic rings. The lowest BCUT2D eigenvalue weighted by Crippen LogP contribution is -2.22. The van der Waals surface area contributed by atoms with Crippen molar-refractivity contribution < 1.29 is 9.53 Å². The molecular formula is C15H22O2. The van der Waals surface area contributed by atoms with Gasteiger partial charge in [-0.1, -0.05) is 50.6 Å². The van der Waals surface area contributed by atoms with Crippen molar-refractivity contribution in [1.29, 1.82) is 0 Å². The molecular weight excluding hydrogens is 212 g/mol. The van der Waals surface area contributed by atoms with Crippen LogP contribution in [0.2, 0.25) is 0 Å². The van der Waals surface area contributed by atoms with E-state index < -0.39 is 0 Å². The summed E-state index contributed by atoms with van der Waals surface area (Å²) in [7, 11) is 0. The Morgan fingerprint density at radius 3 is 2.47 bits per heavy atom. The monoisotopic (exact) mass is 234 g/mol. The number of carbonyl (C=O) groups is 1. The van der Waals surface area contributed by atoms with Crippen LogP contribution in [0.15, 0.2) is 30.3 Å². The van der Waals surface area contributed by atoms with Crippen LogP contribution in [0.25, 0.3) is 0 Å². The molecule has 17 heavy (non-hydrogen) atoms. The average Bonchev–Trinajstić information content (AvgIpc) is 2.30. The van der Waals surface area contributed by atoms with Gasteiger partial charge in [-0.2, -0.15) is 0 Å². The van der Waals surface area contributed by atoms with Crippen molar-refractivity contribution in [3.63, 3.8) is 0 Å². The summed E-state index contributed by atoms with van der Waals surface area (Å²) in [6.07, 6.45) is 2.65. The number of benzene rings is 1. The van der Waals surface area contributed by atoms with Crippen molar-refractivity contribution in [2.45, 2.75) is 46.1 Å². The van der Waals surface area contributed by atoms with Crippen molar-refractivity contribution in [2.75, 3.05) is 0 Å². The maximum absolute atomic E-state index is 11.7. The van der Waals surface area contributed by atoms with Gasteiger partial charge in [-0.3, -0.25) is 4.79 Å². The predicted octanol–water partition coefficient (Wildman–Crippen LogP) is 3.60. The molecule has 0 heterocycles. The van der Waals surface area contributed by atoms with E-state index in [1.54, 1.807) is 0 Å². The van der Waals surface area contributed by atoms with E-state index in [-0.39, 0.29) is 18.0 Å². The van der Waals surface area contributed by atoms with Gasteiger partial charge in [-0.15, -0.1) is 0 Å². The molecule has 2 heteroatoms. The zero-order chi connectivity index (χ0) is 12.7. The fourth-order valence-corrected chi connectivity index (χ4v) is 1.85. The highest BCUT2D eigenvalue weighted by atomic mass is 16.5. The molecule has 2 nitrogen and oxygen atoms in total.